The van der Waals surface area contributed by atoms with E-state index in [4.69, 9.17) is 5.73 Å². The molecule has 0 radical (unpaired) electrons. The van der Waals surface area contributed by atoms with Gasteiger partial charge < -0.3 is 5.73 Å². The maximum Gasteiger partial charge on any atom is 0.00476 e. The molecule has 1 rings (SSSR count). The molecular weight excluding hydrogens is 134 g/mol. The number of allylic oxidation sites excluding steroid dienone is 1. The van der Waals surface area contributed by atoms with Crippen LogP contribution in [0.25, 0.3) is 0 Å². The van der Waals surface area contributed by atoms with Gasteiger partial charge in [-0.3, -0.25) is 0 Å². The van der Waals surface area contributed by atoms with E-state index >= 15 is 0 Å². The molecule has 0 saturated heterocycles. The van der Waals surface area contributed by atoms with Crippen LogP contribution in [0.1, 0.15) is 45.4 Å². The lowest BCUT2D eigenvalue weighted by Crippen LogP contribution is -2.15. The minimum absolute atomic E-state index is 0.347. The van der Waals surface area contributed by atoms with Crippen LogP contribution in [0, 0.1) is 0 Å². The number of hydrogen-bond donors (Lipinski definition) is 1. The first-order chi connectivity index (χ1) is 5.29. The van der Waals surface area contributed by atoms with E-state index in [9.17, 15) is 0 Å². The summed E-state index contributed by atoms with van der Waals surface area (Å²) >= 11 is 0. The topological polar surface area (TPSA) is 26.0 Å². The fraction of sp³-hybridized carbons (Fsp3) is 0.800. The van der Waals surface area contributed by atoms with E-state index in [-0.39, 0.29) is 0 Å². The van der Waals surface area contributed by atoms with Crippen LogP contribution in [0.5, 0.6) is 0 Å². The van der Waals surface area contributed by atoms with E-state index in [1.54, 1.807) is 5.57 Å². The Labute approximate surface area is 69.7 Å². The van der Waals surface area contributed by atoms with Crippen molar-refractivity contribution < 1.29 is 0 Å². The summed E-state index contributed by atoms with van der Waals surface area (Å²) in [5, 5.41) is 0. The highest BCUT2D eigenvalue weighted by atomic mass is 14.6. The zero-order valence-corrected chi connectivity index (χ0v) is 7.47. The maximum absolute atomic E-state index is 5.73. The summed E-state index contributed by atoms with van der Waals surface area (Å²) in [5.41, 5.74) is 7.33. The van der Waals surface area contributed by atoms with Gasteiger partial charge in [0.25, 0.3) is 0 Å². The largest absolute Gasteiger partial charge is 0.328 e. The fourth-order valence-corrected chi connectivity index (χ4v) is 1.68. The van der Waals surface area contributed by atoms with Crippen molar-refractivity contribution in [1.29, 1.82) is 0 Å². The van der Waals surface area contributed by atoms with Crippen molar-refractivity contribution in [3.05, 3.63) is 11.6 Å². The first kappa shape index (κ1) is 8.79. The highest BCUT2D eigenvalue weighted by Crippen LogP contribution is 2.20. The Morgan fingerprint density at radius 2 is 2.27 bits per heavy atom. The maximum atomic E-state index is 5.73. The molecule has 0 saturated carbocycles. The van der Waals surface area contributed by atoms with Crippen molar-refractivity contribution in [3.8, 4) is 0 Å². The van der Waals surface area contributed by atoms with Gasteiger partial charge in [0.2, 0.25) is 0 Å². The zero-order valence-electron chi connectivity index (χ0n) is 7.47. The summed E-state index contributed by atoms with van der Waals surface area (Å²) in [6.45, 7) is 2.09. The van der Waals surface area contributed by atoms with E-state index in [0.29, 0.717) is 6.04 Å². The van der Waals surface area contributed by atoms with Gasteiger partial charge in [-0.2, -0.15) is 0 Å². The fourth-order valence-electron chi connectivity index (χ4n) is 1.68. The lowest BCUT2D eigenvalue weighted by molar-refractivity contribution is 0.671. The molecule has 0 aromatic rings. The summed E-state index contributed by atoms with van der Waals surface area (Å²) in [5.74, 6) is 0. The molecular formula is C10H19N. The van der Waals surface area contributed by atoms with Gasteiger partial charge in [-0.05, 0) is 39.0 Å². The average Bonchev–Trinajstić information content (AvgIpc) is 2.14. The Morgan fingerprint density at radius 3 is 3.00 bits per heavy atom. The summed E-state index contributed by atoms with van der Waals surface area (Å²) in [4.78, 5) is 0. The van der Waals surface area contributed by atoms with E-state index in [0.717, 1.165) is 6.42 Å². The molecule has 0 aromatic heterocycles. The lowest BCUT2D eigenvalue weighted by atomic mass is 10.0. The third-order valence-corrected chi connectivity index (χ3v) is 2.22. The number of hydrogen-bond acceptors (Lipinski definition) is 1. The van der Waals surface area contributed by atoms with E-state index < -0.39 is 0 Å². The standard InChI is InChI=1S/C10H19N/c1-9(11)8-10-6-4-2-3-5-7-10/h6,9H,2-5,7-8,11H2,1H3. The molecule has 1 heteroatoms. The molecule has 0 aliphatic heterocycles. The van der Waals surface area contributed by atoms with Gasteiger partial charge >= 0.3 is 0 Å². The predicted molar refractivity (Wildman–Crippen MR) is 49.4 cm³/mol. The van der Waals surface area contributed by atoms with Crippen LogP contribution in [0.2, 0.25) is 0 Å². The summed E-state index contributed by atoms with van der Waals surface area (Å²) in [7, 11) is 0. The molecule has 11 heavy (non-hydrogen) atoms. The van der Waals surface area contributed by atoms with E-state index in [1.807, 2.05) is 0 Å². The first-order valence-electron chi connectivity index (χ1n) is 4.72. The summed E-state index contributed by atoms with van der Waals surface area (Å²) in [6, 6.07) is 0.347. The van der Waals surface area contributed by atoms with E-state index in [1.165, 1.54) is 32.1 Å². The molecule has 1 atom stereocenters. The molecule has 1 aliphatic rings. The second-order valence-corrected chi connectivity index (χ2v) is 3.64. The highest BCUT2D eigenvalue weighted by Gasteiger charge is 2.04. The van der Waals surface area contributed by atoms with Crippen LogP contribution in [-0.4, -0.2) is 6.04 Å². The molecule has 0 heterocycles. The van der Waals surface area contributed by atoms with Gasteiger partial charge in [0.15, 0.2) is 0 Å². The van der Waals surface area contributed by atoms with Crippen LogP contribution < -0.4 is 5.73 Å². The molecule has 0 bridgehead atoms. The highest BCUT2D eigenvalue weighted by molar-refractivity contribution is 5.04. The molecule has 0 spiro atoms. The Morgan fingerprint density at radius 1 is 1.45 bits per heavy atom. The van der Waals surface area contributed by atoms with Crippen LogP contribution in [0.15, 0.2) is 11.6 Å². The molecule has 2 N–H and O–H groups in total. The van der Waals surface area contributed by atoms with Gasteiger partial charge in [-0.25, -0.2) is 0 Å². The summed E-state index contributed by atoms with van der Waals surface area (Å²) < 4.78 is 0. The quantitative estimate of drug-likeness (QED) is 0.606. The van der Waals surface area contributed by atoms with Crippen molar-refractivity contribution in [3.63, 3.8) is 0 Å². The van der Waals surface area contributed by atoms with Crippen molar-refractivity contribution in [1.82, 2.24) is 0 Å². The van der Waals surface area contributed by atoms with Gasteiger partial charge in [0.05, 0.1) is 0 Å². The lowest BCUT2D eigenvalue weighted by Gasteiger charge is -2.07. The molecule has 0 fully saturated rings. The number of nitrogens with two attached hydrogens (primary N) is 1. The minimum Gasteiger partial charge on any atom is -0.328 e. The van der Waals surface area contributed by atoms with Gasteiger partial charge in [0.1, 0.15) is 0 Å². The van der Waals surface area contributed by atoms with Crippen molar-refractivity contribution >= 4 is 0 Å². The average molecular weight is 153 g/mol. The Kier molecular flexibility index (Phi) is 3.64. The van der Waals surface area contributed by atoms with Crippen LogP contribution >= 0.6 is 0 Å². The Balaban J connectivity index is 2.34. The third kappa shape index (κ3) is 3.57. The molecule has 1 unspecified atom stereocenters. The van der Waals surface area contributed by atoms with Gasteiger partial charge in [0, 0.05) is 6.04 Å². The molecule has 1 aliphatic carbocycles. The second kappa shape index (κ2) is 4.55. The zero-order chi connectivity index (χ0) is 8.10. The normalized spacial score (nSPS) is 22.2. The van der Waals surface area contributed by atoms with Crippen LogP contribution in [-0.2, 0) is 0 Å². The van der Waals surface area contributed by atoms with Crippen LogP contribution in [0.3, 0.4) is 0 Å². The predicted octanol–water partition coefficient (Wildman–Crippen LogP) is 2.61. The SMILES string of the molecule is CC(N)CC1=CCCCCC1. The molecule has 0 aromatic carbocycles. The first-order valence-corrected chi connectivity index (χ1v) is 4.72. The van der Waals surface area contributed by atoms with Crippen molar-refractivity contribution in [2.75, 3.05) is 0 Å². The molecule has 64 valence electrons. The second-order valence-electron chi connectivity index (χ2n) is 3.64. The van der Waals surface area contributed by atoms with Crippen molar-refractivity contribution in [2.45, 2.75) is 51.5 Å². The number of rotatable bonds is 2. The van der Waals surface area contributed by atoms with Gasteiger partial charge in [-0.1, -0.05) is 18.1 Å². The molecule has 1 nitrogen and oxygen atoms in total. The third-order valence-electron chi connectivity index (χ3n) is 2.22. The smallest absolute Gasteiger partial charge is 0.00476 e. The van der Waals surface area contributed by atoms with Crippen molar-refractivity contribution in [2.24, 2.45) is 5.73 Å². The van der Waals surface area contributed by atoms with Gasteiger partial charge in [-0.15, -0.1) is 0 Å². The summed E-state index contributed by atoms with van der Waals surface area (Å²) in [6.07, 6.45) is 10.2. The minimum atomic E-state index is 0.347. The Hall–Kier alpha value is -0.300. The van der Waals surface area contributed by atoms with Crippen LogP contribution in [0.4, 0.5) is 0 Å². The Bertz CT molecular complexity index is 136. The van der Waals surface area contributed by atoms with E-state index in [2.05, 4.69) is 13.0 Å². The monoisotopic (exact) mass is 153 g/mol. The molecule has 0 amide bonds.